The lowest BCUT2D eigenvalue weighted by molar-refractivity contribution is -0.137. The number of hydrogen-bond donors (Lipinski definition) is 1. The van der Waals surface area contributed by atoms with Crippen LogP contribution in [0.5, 0.6) is 0 Å². The zero-order valence-corrected chi connectivity index (χ0v) is 12.3. The average Bonchev–Trinajstić information content (AvgIpc) is 2.33. The van der Waals surface area contributed by atoms with Crippen LogP contribution >= 0.6 is 0 Å². The minimum Gasteiger partial charge on any atom is -0.382 e. The third-order valence-corrected chi connectivity index (χ3v) is 4.26. The maximum Gasteiger partial charge on any atom is 0.416 e. The summed E-state index contributed by atoms with van der Waals surface area (Å²) in [5.41, 5.74) is 1.26. The lowest BCUT2D eigenvalue weighted by Gasteiger charge is -2.35. The molecule has 1 aliphatic rings. The van der Waals surface area contributed by atoms with Crippen LogP contribution in [0.15, 0.2) is 18.2 Å². The summed E-state index contributed by atoms with van der Waals surface area (Å²) in [5, 5.41) is 3.30. The average molecular weight is 285 g/mol. The van der Waals surface area contributed by atoms with E-state index < -0.39 is 11.7 Å². The Balaban J connectivity index is 2.10. The molecule has 0 radical (unpaired) electrons. The summed E-state index contributed by atoms with van der Waals surface area (Å²) in [5.74, 6) is 0. The van der Waals surface area contributed by atoms with Gasteiger partial charge in [0.2, 0.25) is 0 Å². The fraction of sp³-hybridized carbons (Fsp3) is 0.625. The normalized spacial score (nSPS) is 19.9. The van der Waals surface area contributed by atoms with Crippen molar-refractivity contribution in [2.75, 3.05) is 5.32 Å². The van der Waals surface area contributed by atoms with E-state index in [0.29, 0.717) is 11.1 Å². The van der Waals surface area contributed by atoms with E-state index in [-0.39, 0.29) is 6.04 Å². The number of hydrogen-bond acceptors (Lipinski definition) is 1. The van der Waals surface area contributed by atoms with Crippen molar-refractivity contribution in [2.24, 2.45) is 5.41 Å². The van der Waals surface area contributed by atoms with Crippen LogP contribution in [0.3, 0.4) is 0 Å². The Kier molecular flexibility index (Phi) is 4.03. The lowest BCUT2D eigenvalue weighted by Crippen LogP contribution is -2.30. The molecule has 20 heavy (non-hydrogen) atoms. The van der Waals surface area contributed by atoms with Gasteiger partial charge in [0.1, 0.15) is 0 Å². The molecule has 0 aliphatic heterocycles. The number of rotatable bonds is 2. The molecule has 0 saturated heterocycles. The standard InChI is InChI=1S/C16H22F3N/c1-11-4-5-12(16(17,18)19)10-14(11)20-13-6-8-15(2,3)9-7-13/h4-5,10,13,20H,6-9H2,1-3H3. The van der Waals surface area contributed by atoms with E-state index in [2.05, 4.69) is 19.2 Å². The zero-order valence-electron chi connectivity index (χ0n) is 12.3. The summed E-state index contributed by atoms with van der Waals surface area (Å²) in [6.45, 7) is 6.34. The summed E-state index contributed by atoms with van der Waals surface area (Å²) >= 11 is 0. The molecule has 1 aromatic rings. The highest BCUT2D eigenvalue weighted by molar-refractivity contribution is 5.54. The van der Waals surface area contributed by atoms with E-state index >= 15 is 0 Å². The first-order chi connectivity index (χ1) is 9.17. The molecule has 1 nitrogen and oxygen atoms in total. The van der Waals surface area contributed by atoms with Crippen LogP contribution in [0.25, 0.3) is 0 Å². The van der Waals surface area contributed by atoms with Crippen LogP contribution < -0.4 is 5.32 Å². The number of benzene rings is 1. The summed E-state index contributed by atoms with van der Waals surface area (Å²) in [4.78, 5) is 0. The van der Waals surface area contributed by atoms with E-state index in [0.717, 1.165) is 37.3 Å². The van der Waals surface area contributed by atoms with Crippen molar-refractivity contribution in [3.63, 3.8) is 0 Å². The molecule has 1 saturated carbocycles. The van der Waals surface area contributed by atoms with Gasteiger partial charge in [-0.3, -0.25) is 0 Å². The molecular formula is C16H22F3N. The van der Waals surface area contributed by atoms with Crippen molar-refractivity contribution in [3.05, 3.63) is 29.3 Å². The molecule has 112 valence electrons. The van der Waals surface area contributed by atoms with Crippen LogP contribution in [0.1, 0.15) is 50.7 Å². The Morgan fingerprint density at radius 2 is 1.75 bits per heavy atom. The number of halogens is 3. The smallest absolute Gasteiger partial charge is 0.382 e. The van der Waals surface area contributed by atoms with E-state index in [1.54, 1.807) is 0 Å². The van der Waals surface area contributed by atoms with Gasteiger partial charge in [0.05, 0.1) is 5.56 Å². The van der Waals surface area contributed by atoms with Crippen molar-refractivity contribution in [3.8, 4) is 0 Å². The van der Waals surface area contributed by atoms with Crippen LogP contribution in [-0.4, -0.2) is 6.04 Å². The van der Waals surface area contributed by atoms with Crippen molar-refractivity contribution >= 4 is 5.69 Å². The van der Waals surface area contributed by atoms with Crippen LogP contribution in [0.4, 0.5) is 18.9 Å². The summed E-state index contributed by atoms with van der Waals surface area (Å²) < 4.78 is 38.3. The Labute approximate surface area is 118 Å². The largest absolute Gasteiger partial charge is 0.416 e. The number of anilines is 1. The summed E-state index contributed by atoms with van der Waals surface area (Å²) in [6, 6.07) is 4.20. The Hall–Kier alpha value is -1.19. The molecule has 1 fully saturated rings. The second-order valence-corrected chi connectivity index (χ2v) is 6.61. The van der Waals surface area contributed by atoms with Gasteiger partial charge in [-0.2, -0.15) is 13.2 Å². The van der Waals surface area contributed by atoms with Crippen molar-refractivity contribution in [2.45, 2.75) is 58.7 Å². The van der Waals surface area contributed by atoms with Gasteiger partial charge in [-0.05, 0) is 55.7 Å². The molecule has 0 atom stereocenters. The van der Waals surface area contributed by atoms with Gasteiger partial charge in [-0.25, -0.2) is 0 Å². The van der Waals surface area contributed by atoms with Gasteiger partial charge < -0.3 is 5.32 Å². The molecule has 0 bridgehead atoms. The molecule has 1 aliphatic carbocycles. The Bertz CT molecular complexity index is 467. The first-order valence-corrected chi connectivity index (χ1v) is 7.12. The molecule has 0 unspecified atom stereocenters. The van der Waals surface area contributed by atoms with E-state index in [1.165, 1.54) is 12.1 Å². The lowest BCUT2D eigenvalue weighted by atomic mass is 9.75. The van der Waals surface area contributed by atoms with Crippen LogP contribution in [0, 0.1) is 12.3 Å². The van der Waals surface area contributed by atoms with Crippen molar-refractivity contribution < 1.29 is 13.2 Å². The molecule has 0 spiro atoms. The van der Waals surface area contributed by atoms with Gasteiger partial charge in [0.25, 0.3) is 0 Å². The number of aryl methyl sites for hydroxylation is 1. The highest BCUT2D eigenvalue weighted by Gasteiger charge is 2.31. The maximum absolute atomic E-state index is 12.8. The minimum atomic E-state index is -4.28. The first kappa shape index (κ1) is 15.2. The third-order valence-electron chi connectivity index (χ3n) is 4.26. The molecule has 0 heterocycles. The zero-order chi connectivity index (χ0) is 15.0. The van der Waals surface area contributed by atoms with Gasteiger partial charge in [-0.1, -0.05) is 19.9 Å². The van der Waals surface area contributed by atoms with Crippen LogP contribution in [0.2, 0.25) is 0 Å². The minimum absolute atomic E-state index is 0.283. The van der Waals surface area contributed by atoms with E-state index in [9.17, 15) is 13.2 Å². The Morgan fingerprint density at radius 1 is 1.15 bits per heavy atom. The molecule has 0 amide bonds. The van der Waals surface area contributed by atoms with Crippen molar-refractivity contribution in [1.82, 2.24) is 0 Å². The van der Waals surface area contributed by atoms with Gasteiger partial charge in [-0.15, -0.1) is 0 Å². The monoisotopic (exact) mass is 285 g/mol. The third kappa shape index (κ3) is 3.68. The predicted molar refractivity (Wildman–Crippen MR) is 75.8 cm³/mol. The molecule has 0 aromatic heterocycles. The van der Waals surface area contributed by atoms with E-state index in [4.69, 9.17) is 0 Å². The molecule has 4 heteroatoms. The van der Waals surface area contributed by atoms with Crippen LogP contribution in [-0.2, 0) is 6.18 Å². The second-order valence-electron chi connectivity index (χ2n) is 6.61. The Morgan fingerprint density at radius 3 is 2.30 bits per heavy atom. The topological polar surface area (TPSA) is 12.0 Å². The van der Waals surface area contributed by atoms with Gasteiger partial charge >= 0.3 is 6.18 Å². The number of alkyl halides is 3. The molecule has 1 N–H and O–H groups in total. The molecular weight excluding hydrogens is 263 g/mol. The molecule has 2 rings (SSSR count). The predicted octanol–water partition coefficient (Wildman–Crippen LogP) is 5.39. The van der Waals surface area contributed by atoms with Crippen molar-refractivity contribution in [1.29, 1.82) is 0 Å². The fourth-order valence-corrected chi connectivity index (χ4v) is 2.72. The first-order valence-electron chi connectivity index (χ1n) is 7.12. The summed E-state index contributed by atoms with van der Waals surface area (Å²) in [6.07, 6.45) is -0.0184. The molecule has 1 aromatic carbocycles. The summed E-state index contributed by atoms with van der Waals surface area (Å²) in [7, 11) is 0. The van der Waals surface area contributed by atoms with Gasteiger partial charge in [0, 0.05) is 11.7 Å². The second kappa shape index (κ2) is 5.30. The SMILES string of the molecule is Cc1ccc(C(F)(F)F)cc1NC1CCC(C)(C)CC1. The highest BCUT2D eigenvalue weighted by Crippen LogP contribution is 2.37. The maximum atomic E-state index is 12.8. The fourth-order valence-electron chi connectivity index (χ4n) is 2.72. The number of nitrogens with one attached hydrogen (secondary N) is 1. The van der Waals surface area contributed by atoms with E-state index in [1.807, 2.05) is 6.92 Å². The highest BCUT2D eigenvalue weighted by atomic mass is 19.4. The quantitative estimate of drug-likeness (QED) is 0.767. The van der Waals surface area contributed by atoms with Gasteiger partial charge in [0.15, 0.2) is 0 Å².